The molecule has 1 rings (SSSR count). The van der Waals surface area contributed by atoms with Gasteiger partial charge in [-0.1, -0.05) is 33.1 Å². The van der Waals surface area contributed by atoms with E-state index >= 15 is 0 Å². The van der Waals surface area contributed by atoms with Crippen LogP contribution in [0.4, 0.5) is 0 Å². The van der Waals surface area contributed by atoms with Crippen LogP contribution in [0.2, 0.25) is 0 Å². The predicted octanol–water partition coefficient (Wildman–Crippen LogP) is 2.27. The summed E-state index contributed by atoms with van der Waals surface area (Å²) in [6.07, 6.45) is 5.28. The Labute approximate surface area is 91.8 Å². The lowest BCUT2D eigenvalue weighted by atomic mass is 9.96. The minimum absolute atomic E-state index is 0.109. The molecule has 3 heteroatoms. The van der Waals surface area contributed by atoms with Crippen molar-refractivity contribution in [3.8, 4) is 0 Å². The number of aliphatic hydroxyl groups is 1. The standard InChI is InChI=1S/C12H22O3/c1-9(2)12(14)15-11-8-6-4-3-5-7-10(11)13/h9-11,13H,3-8H2,1-2H3. The predicted molar refractivity (Wildman–Crippen MR) is 58.4 cm³/mol. The Hall–Kier alpha value is -0.570. The van der Waals surface area contributed by atoms with E-state index in [9.17, 15) is 9.90 Å². The summed E-state index contributed by atoms with van der Waals surface area (Å²) >= 11 is 0. The summed E-state index contributed by atoms with van der Waals surface area (Å²) in [5.41, 5.74) is 0. The van der Waals surface area contributed by atoms with Crippen molar-refractivity contribution in [1.82, 2.24) is 0 Å². The lowest BCUT2D eigenvalue weighted by Gasteiger charge is -2.26. The number of hydrogen-bond donors (Lipinski definition) is 1. The molecule has 2 unspecified atom stereocenters. The molecule has 0 saturated heterocycles. The molecule has 0 aliphatic heterocycles. The molecular weight excluding hydrogens is 192 g/mol. The maximum Gasteiger partial charge on any atom is 0.308 e. The zero-order chi connectivity index (χ0) is 11.3. The molecule has 0 radical (unpaired) electrons. The molecule has 1 aliphatic carbocycles. The van der Waals surface area contributed by atoms with E-state index in [1.807, 2.05) is 13.8 Å². The van der Waals surface area contributed by atoms with Crippen LogP contribution in [0.25, 0.3) is 0 Å². The van der Waals surface area contributed by atoms with E-state index in [0.29, 0.717) is 0 Å². The van der Waals surface area contributed by atoms with Crippen molar-refractivity contribution in [2.75, 3.05) is 0 Å². The molecule has 1 aliphatic rings. The van der Waals surface area contributed by atoms with Gasteiger partial charge in [0.15, 0.2) is 0 Å². The topological polar surface area (TPSA) is 46.5 Å². The normalized spacial score (nSPS) is 28.3. The van der Waals surface area contributed by atoms with Crippen LogP contribution in [0.1, 0.15) is 52.4 Å². The second-order valence-electron chi connectivity index (χ2n) is 4.69. The van der Waals surface area contributed by atoms with Gasteiger partial charge >= 0.3 is 5.97 Å². The molecule has 1 N–H and O–H groups in total. The van der Waals surface area contributed by atoms with E-state index in [2.05, 4.69) is 0 Å². The van der Waals surface area contributed by atoms with E-state index in [-0.39, 0.29) is 18.0 Å². The molecule has 0 aromatic carbocycles. The van der Waals surface area contributed by atoms with Crippen LogP contribution >= 0.6 is 0 Å². The van der Waals surface area contributed by atoms with Gasteiger partial charge in [-0.15, -0.1) is 0 Å². The Morgan fingerprint density at radius 1 is 1.20 bits per heavy atom. The van der Waals surface area contributed by atoms with E-state index in [1.165, 1.54) is 12.8 Å². The second kappa shape index (κ2) is 6.11. The van der Waals surface area contributed by atoms with Gasteiger partial charge in [-0.25, -0.2) is 0 Å². The van der Waals surface area contributed by atoms with Crippen LogP contribution in [-0.4, -0.2) is 23.3 Å². The van der Waals surface area contributed by atoms with Gasteiger partial charge in [0.25, 0.3) is 0 Å². The minimum atomic E-state index is -0.465. The summed E-state index contributed by atoms with van der Waals surface area (Å²) in [5.74, 6) is -0.303. The number of rotatable bonds is 2. The Morgan fingerprint density at radius 3 is 2.40 bits per heavy atom. The van der Waals surface area contributed by atoms with Crippen LogP contribution in [0.15, 0.2) is 0 Å². The summed E-state index contributed by atoms with van der Waals surface area (Å²) in [5, 5.41) is 9.83. The minimum Gasteiger partial charge on any atom is -0.459 e. The first-order chi connectivity index (χ1) is 7.11. The van der Waals surface area contributed by atoms with Gasteiger partial charge in [0.2, 0.25) is 0 Å². The van der Waals surface area contributed by atoms with Crippen molar-refractivity contribution in [2.24, 2.45) is 5.92 Å². The highest BCUT2D eigenvalue weighted by atomic mass is 16.6. The number of ether oxygens (including phenoxy) is 1. The van der Waals surface area contributed by atoms with Crippen LogP contribution in [0.5, 0.6) is 0 Å². The van der Waals surface area contributed by atoms with Gasteiger partial charge in [-0.3, -0.25) is 4.79 Å². The number of carbonyl (C=O) groups excluding carboxylic acids is 1. The van der Waals surface area contributed by atoms with Crippen LogP contribution < -0.4 is 0 Å². The first-order valence-electron chi connectivity index (χ1n) is 6.00. The highest BCUT2D eigenvalue weighted by molar-refractivity contribution is 5.71. The van der Waals surface area contributed by atoms with Crippen LogP contribution in [0, 0.1) is 5.92 Å². The monoisotopic (exact) mass is 214 g/mol. The van der Waals surface area contributed by atoms with Gasteiger partial charge in [-0.2, -0.15) is 0 Å². The van der Waals surface area contributed by atoms with E-state index in [0.717, 1.165) is 25.7 Å². The molecule has 0 spiro atoms. The van der Waals surface area contributed by atoms with Crippen molar-refractivity contribution >= 4 is 5.97 Å². The third kappa shape index (κ3) is 4.20. The lowest BCUT2D eigenvalue weighted by molar-refractivity contribution is -0.160. The fourth-order valence-electron chi connectivity index (χ4n) is 1.85. The maximum atomic E-state index is 11.4. The molecule has 88 valence electrons. The highest BCUT2D eigenvalue weighted by Gasteiger charge is 2.25. The molecule has 0 bridgehead atoms. The Morgan fingerprint density at radius 2 is 1.80 bits per heavy atom. The third-order valence-corrected chi connectivity index (χ3v) is 2.91. The third-order valence-electron chi connectivity index (χ3n) is 2.91. The fourth-order valence-corrected chi connectivity index (χ4v) is 1.85. The zero-order valence-corrected chi connectivity index (χ0v) is 9.74. The quantitative estimate of drug-likeness (QED) is 0.717. The summed E-state index contributed by atoms with van der Waals surface area (Å²) in [7, 11) is 0. The van der Waals surface area contributed by atoms with Gasteiger partial charge in [-0.05, 0) is 19.3 Å². The Balaban J connectivity index is 2.45. The molecule has 0 aromatic heterocycles. The molecule has 0 aromatic rings. The van der Waals surface area contributed by atoms with Crippen molar-refractivity contribution in [2.45, 2.75) is 64.6 Å². The van der Waals surface area contributed by atoms with Gasteiger partial charge < -0.3 is 9.84 Å². The van der Waals surface area contributed by atoms with E-state index in [4.69, 9.17) is 4.74 Å². The van der Waals surface area contributed by atoms with Crippen molar-refractivity contribution in [3.05, 3.63) is 0 Å². The molecular formula is C12H22O3. The van der Waals surface area contributed by atoms with Crippen molar-refractivity contribution in [3.63, 3.8) is 0 Å². The van der Waals surface area contributed by atoms with Crippen molar-refractivity contribution in [1.29, 1.82) is 0 Å². The van der Waals surface area contributed by atoms with Crippen LogP contribution in [0.3, 0.4) is 0 Å². The molecule has 2 atom stereocenters. The van der Waals surface area contributed by atoms with Gasteiger partial charge in [0, 0.05) is 0 Å². The van der Waals surface area contributed by atoms with E-state index in [1.54, 1.807) is 0 Å². The molecule has 0 amide bonds. The number of carbonyl (C=O) groups is 1. The summed E-state index contributed by atoms with van der Waals surface area (Å²) in [4.78, 5) is 11.4. The maximum absolute atomic E-state index is 11.4. The molecule has 1 fully saturated rings. The van der Waals surface area contributed by atoms with Gasteiger partial charge in [0.1, 0.15) is 6.10 Å². The summed E-state index contributed by atoms with van der Waals surface area (Å²) < 4.78 is 5.31. The van der Waals surface area contributed by atoms with Crippen LogP contribution in [-0.2, 0) is 9.53 Å². The van der Waals surface area contributed by atoms with E-state index < -0.39 is 6.10 Å². The fraction of sp³-hybridized carbons (Fsp3) is 0.917. The SMILES string of the molecule is CC(C)C(=O)OC1CCCCCCC1O. The average Bonchev–Trinajstić information content (AvgIpc) is 2.17. The summed E-state index contributed by atoms with van der Waals surface area (Å²) in [6, 6.07) is 0. The molecule has 1 saturated carbocycles. The number of esters is 1. The first kappa shape index (κ1) is 12.5. The summed E-state index contributed by atoms with van der Waals surface area (Å²) in [6.45, 7) is 3.63. The average molecular weight is 214 g/mol. The smallest absolute Gasteiger partial charge is 0.308 e. The van der Waals surface area contributed by atoms with Gasteiger partial charge in [0.05, 0.1) is 12.0 Å². The lowest BCUT2D eigenvalue weighted by Crippen LogP contribution is -2.33. The first-order valence-corrected chi connectivity index (χ1v) is 6.00. The van der Waals surface area contributed by atoms with Crippen molar-refractivity contribution < 1.29 is 14.6 Å². The second-order valence-corrected chi connectivity index (χ2v) is 4.69. The molecule has 3 nitrogen and oxygen atoms in total. The number of hydrogen-bond acceptors (Lipinski definition) is 3. The molecule has 15 heavy (non-hydrogen) atoms. The highest BCUT2D eigenvalue weighted by Crippen LogP contribution is 2.20. The Bertz CT molecular complexity index is 201. The largest absolute Gasteiger partial charge is 0.459 e. The molecule has 0 heterocycles. The Kier molecular flexibility index (Phi) is 5.09. The zero-order valence-electron chi connectivity index (χ0n) is 9.74. The number of aliphatic hydroxyl groups excluding tert-OH is 1.